The summed E-state index contributed by atoms with van der Waals surface area (Å²) >= 11 is 6.18. The van der Waals surface area contributed by atoms with E-state index in [0.29, 0.717) is 30.1 Å². The normalized spacial score (nSPS) is 20.6. The number of anilines is 1. The second-order valence-corrected chi connectivity index (χ2v) is 21.2. The zero-order valence-corrected chi connectivity index (χ0v) is 36.2. The summed E-state index contributed by atoms with van der Waals surface area (Å²) in [5.74, 6) is 0.988. The maximum absolute atomic E-state index is 11.9. The number of halogens is 1. The van der Waals surface area contributed by atoms with Gasteiger partial charge < -0.3 is 4.90 Å². The molecule has 58 heavy (non-hydrogen) atoms. The molecular formula is C44H62ClN7O4S2. The van der Waals surface area contributed by atoms with Crippen LogP contribution in [0.1, 0.15) is 99.9 Å². The Bertz CT molecular complexity index is 2130. The molecule has 1 aliphatic carbocycles. The lowest BCUT2D eigenvalue weighted by Crippen LogP contribution is -2.42. The summed E-state index contributed by atoms with van der Waals surface area (Å²) in [7, 11) is -5.69. The molecule has 14 heteroatoms. The van der Waals surface area contributed by atoms with Crippen molar-refractivity contribution in [1.82, 2.24) is 29.7 Å². The van der Waals surface area contributed by atoms with Gasteiger partial charge in [-0.25, -0.2) is 36.8 Å². The third-order valence-corrected chi connectivity index (χ3v) is 15.6. The zero-order chi connectivity index (χ0) is 40.6. The largest absolute Gasteiger partial charge is 0.356 e. The fourth-order valence-corrected chi connectivity index (χ4v) is 10.9. The first-order valence-corrected chi connectivity index (χ1v) is 24.5. The summed E-state index contributed by atoms with van der Waals surface area (Å²) in [5.41, 5.74) is 7.15. The first-order chi connectivity index (χ1) is 27.3. The monoisotopic (exact) mass is 851 g/mol. The highest BCUT2D eigenvalue weighted by atomic mass is 35.5. The molecule has 0 unspecified atom stereocenters. The zero-order valence-electron chi connectivity index (χ0n) is 33.8. The first-order valence-electron chi connectivity index (χ1n) is 20.3. The van der Waals surface area contributed by atoms with E-state index in [1.165, 1.54) is 35.6 Å². The van der Waals surface area contributed by atoms with Crippen LogP contribution in [-0.2, 0) is 58.7 Å². The molecule has 4 aromatic rings. The SMILES string of the molecule is C.CS(=O)(=O)C1CCCCC1.C[C@@H]1Cc2ncnc(Cl)c2CN1Cc1ccccc1.C[C@@H]1Cc2ncnc(N3CCC(S(C)(=O)=O)CC3)c2CN1Cc1ccccc1. The van der Waals surface area contributed by atoms with E-state index in [-0.39, 0.29) is 17.9 Å². The molecule has 0 bridgehead atoms. The molecular weight excluding hydrogens is 790 g/mol. The number of rotatable bonds is 7. The molecule has 0 spiro atoms. The van der Waals surface area contributed by atoms with Crippen molar-refractivity contribution < 1.29 is 16.8 Å². The van der Waals surface area contributed by atoms with Crippen molar-refractivity contribution in [3.05, 3.63) is 112 Å². The van der Waals surface area contributed by atoms with E-state index in [4.69, 9.17) is 11.6 Å². The van der Waals surface area contributed by atoms with Crippen LogP contribution >= 0.6 is 11.6 Å². The number of nitrogens with zero attached hydrogens (tertiary/aromatic N) is 7. The fraction of sp³-hybridized carbons (Fsp3) is 0.545. The molecule has 0 radical (unpaired) electrons. The van der Waals surface area contributed by atoms with Gasteiger partial charge in [0.05, 0.1) is 21.9 Å². The Morgan fingerprint density at radius 1 is 0.621 bits per heavy atom. The van der Waals surface area contributed by atoms with Crippen LogP contribution in [0.2, 0.25) is 5.15 Å². The predicted octanol–water partition coefficient (Wildman–Crippen LogP) is 7.51. The molecule has 11 nitrogen and oxygen atoms in total. The van der Waals surface area contributed by atoms with Gasteiger partial charge >= 0.3 is 0 Å². The van der Waals surface area contributed by atoms with Crippen molar-refractivity contribution in [3.8, 4) is 0 Å². The van der Waals surface area contributed by atoms with Gasteiger partial charge in [0.15, 0.2) is 0 Å². The minimum atomic E-state index is -2.97. The van der Waals surface area contributed by atoms with Gasteiger partial charge in [0.1, 0.15) is 43.3 Å². The summed E-state index contributed by atoms with van der Waals surface area (Å²) in [4.78, 5) is 24.8. The van der Waals surface area contributed by atoms with Gasteiger partial charge in [0.25, 0.3) is 0 Å². The van der Waals surface area contributed by atoms with Crippen LogP contribution < -0.4 is 4.90 Å². The summed E-state index contributed by atoms with van der Waals surface area (Å²) in [5, 5.41) is 0.340. The molecule has 1 saturated heterocycles. The number of benzene rings is 2. The Balaban J connectivity index is 0.000000184. The van der Waals surface area contributed by atoms with Crippen LogP contribution in [0, 0.1) is 0 Å². The third kappa shape index (κ3) is 12.3. The van der Waals surface area contributed by atoms with E-state index in [1.54, 1.807) is 12.7 Å². The topological polar surface area (TPSA) is 130 Å². The molecule has 316 valence electrons. The molecule has 3 aliphatic heterocycles. The lowest BCUT2D eigenvalue weighted by molar-refractivity contribution is 0.173. The second-order valence-electron chi connectivity index (χ2n) is 16.2. The molecule has 0 N–H and O–H groups in total. The Kier molecular flexibility index (Phi) is 16.2. The molecule has 2 aromatic carbocycles. The molecule has 2 fully saturated rings. The second kappa shape index (κ2) is 20.7. The van der Waals surface area contributed by atoms with Crippen LogP contribution in [-0.4, -0.2) is 94.8 Å². The molecule has 0 amide bonds. The number of hydrogen-bond donors (Lipinski definition) is 0. The van der Waals surface area contributed by atoms with Gasteiger partial charge in [0, 0.05) is 87.8 Å². The van der Waals surface area contributed by atoms with E-state index in [0.717, 1.165) is 101 Å². The van der Waals surface area contributed by atoms with Crippen LogP contribution in [0.3, 0.4) is 0 Å². The lowest BCUT2D eigenvalue weighted by atomic mass is 9.98. The Hall–Kier alpha value is -3.49. The molecule has 5 heterocycles. The first kappa shape index (κ1) is 45.6. The lowest BCUT2D eigenvalue weighted by Gasteiger charge is -2.38. The third-order valence-electron chi connectivity index (χ3n) is 11.9. The van der Waals surface area contributed by atoms with Gasteiger partial charge in [-0.2, -0.15) is 0 Å². The van der Waals surface area contributed by atoms with Crippen molar-refractivity contribution in [2.45, 2.75) is 128 Å². The van der Waals surface area contributed by atoms with Gasteiger partial charge in [-0.15, -0.1) is 0 Å². The van der Waals surface area contributed by atoms with Gasteiger partial charge in [-0.1, -0.05) is 99.0 Å². The highest BCUT2D eigenvalue weighted by Gasteiger charge is 2.32. The van der Waals surface area contributed by atoms with E-state index < -0.39 is 19.7 Å². The Morgan fingerprint density at radius 3 is 1.55 bits per heavy atom. The molecule has 2 aromatic heterocycles. The molecule has 2 atom stereocenters. The average Bonchev–Trinajstić information content (AvgIpc) is 3.20. The Labute approximate surface area is 352 Å². The molecule has 4 aliphatic rings. The fourth-order valence-electron chi connectivity index (χ4n) is 8.39. The standard InChI is InChI=1S/C21H28N4O2S.C15H16ClN3.C7H14O2S.CH4/c1-16-12-20-19(14-25(16)13-17-6-4-3-5-7-17)21(23-15-22-20)24-10-8-18(9-11-24)28(2,26)27;1-11-7-14-13(15(16)18-10-17-14)9-19(11)8-12-5-3-2-4-6-12;1-10(8,9)7-5-3-2-4-6-7;/h3-7,15-16,18H,8-14H2,1-2H3;2-6,10-11H,7-9H2,1H3;7H,2-6H2,1H3;1H4/t16-;11-;;/m11../s1. The van der Waals surface area contributed by atoms with E-state index >= 15 is 0 Å². The maximum atomic E-state index is 11.9. The molecule has 8 rings (SSSR count). The van der Waals surface area contributed by atoms with Gasteiger partial charge in [0.2, 0.25) is 0 Å². The van der Waals surface area contributed by atoms with Crippen LogP contribution in [0.4, 0.5) is 5.82 Å². The van der Waals surface area contributed by atoms with Crippen molar-refractivity contribution in [1.29, 1.82) is 0 Å². The quantitative estimate of drug-likeness (QED) is 0.171. The van der Waals surface area contributed by atoms with Crippen molar-refractivity contribution in [2.24, 2.45) is 0 Å². The average molecular weight is 853 g/mol. The van der Waals surface area contributed by atoms with Crippen molar-refractivity contribution >= 4 is 37.1 Å². The highest BCUT2D eigenvalue weighted by molar-refractivity contribution is 7.91. The van der Waals surface area contributed by atoms with Gasteiger partial charge in [-0.05, 0) is 50.7 Å². The summed E-state index contributed by atoms with van der Waals surface area (Å²) < 4.78 is 45.7. The Morgan fingerprint density at radius 2 is 1.07 bits per heavy atom. The summed E-state index contributed by atoms with van der Waals surface area (Å²) in [6, 6.07) is 22.0. The van der Waals surface area contributed by atoms with Crippen LogP contribution in [0.25, 0.3) is 0 Å². The van der Waals surface area contributed by atoms with E-state index in [1.807, 2.05) is 12.1 Å². The van der Waals surface area contributed by atoms with Gasteiger partial charge in [-0.3, -0.25) is 9.80 Å². The summed E-state index contributed by atoms with van der Waals surface area (Å²) in [6.45, 7) is 9.45. The number of hydrogen-bond acceptors (Lipinski definition) is 11. The van der Waals surface area contributed by atoms with E-state index in [2.05, 4.69) is 97.0 Å². The van der Waals surface area contributed by atoms with Crippen LogP contribution in [0.15, 0.2) is 73.3 Å². The smallest absolute Gasteiger partial charge is 0.150 e. The minimum Gasteiger partial charge on any atom is -0.356 e. The number of piperidine rings is 1. The van der Waals surface area contributed by atoms with E-state index in [9.17, 15) is 16.8 Å². The highest BCUT2D eigenvalue weighted by Crippen LogP contribution is 2.32. The number of aromatic nitrogens is 4. The minimum absolute atomic E-state index is 0. The maximum Gasteiger partial charge on any atom is 0.150 e. The summed E-state index contributed by atoms with van der Waals surface area (Å²) in [6.07, 6.45) is 14.3. The number of sulfone groups is 2. The van der Waals surface area contributed by atoms with Crippen LogP contribution in [0.5, 0.6) is 0 Å². The molecule has 1 saturated carbocycles. The van der Waals surface area contributed by atoms with Crippen molar-refractivity contribution in [2.75, 3.05) is 30.5 Å². The van der Waals surface area contributed by atoms with Crippen molar-refractivity contribution in [3.63, 3.8) is 0 Å². The predicted molar refractivity (Wildman–Crippen MR) is 235 cm³/mol. The number of fused-ring (bicyclic) bond motifs is 2.